The Kier molecular flexibility index (Phi) is 5.49. The molecule has 2 N–H and O–H groups in total. The number of aryl methyl sites for hydroxylation is 2. The van der Waals surface area contributed by atoms with Crippen LogP contribution >= 0.6 is 15.9 Å². The van der Waals surface area contributed by atoms with Crippen molar-refractivity contribution in [1.29, 1.82) is 0 Å². The van der Waals surface area contributed by atoms with Gasteiger partial charge in [0.15, 0.2) is 0 Å². The highest BCUT2D eigenvalue weighted by molar-refractivity contribution is 9.10. The van der Waals surface area contributed by atoms with Crippen LogP contribution in [0.15, 0.2) is 28.7 Å². The second-order valence-corrected chi connectivity index (χ2v) is 5.88. The van der Waals surface area contributed by atoms with Gasteiger partial charge in [-0.1, -0.05) is 22.9 Å². The van der Waals surface area contributed by atoms with Crippen LogP contribution in [0.5, 0.6) is 0 Å². The molecule has 0 fully saturated rings. The molecule has 0 saturated heterocycles. The molecule has 0 unspecified atom stereocenters. The summed E-state index contributed by atoms with van der Waals surface area (Å²) in [5.74, 6) is 0.985. The van der Waals surface area contributed by atoms with E-state index in [1.165, 1.54) is 0 Å². The van der Waals surface area contributed by atoms with Crippen LogP contribution in [0, 0.1) is 13.8 Å². The van der Waals surface area contributed by atoms with Crippen LogP contribution in [0.4, 0.5) is 11.5 Å². The summed E-state index contributed by atoms with van der Waals surface area (Å²) in [5.41, 5.74) is 2.41. The van der Waals surface area contributed by atoms with E-state index >= 15 is 0 Å². The number of nitrogens with one attached hydrogen (secondary N) is 2. The molecule has 0 bridgehead atoms. The number of amides is 1. The van der Waals surface area contributed by atoms with E-state index in [9.17, 15) is 4.79 Å². The fourth-order valence-electron chi connectivity index (χ4n) is 1.95. The predicted molar refractivity (Wildman–Crippen MR) is 91.6 cm³/mol. The highest BCUT2D eigenvalue weighted by atomic mass is 79.9. The van der Waals surface area contributed by atoms with E-state index in [1.807, 2.05) is 32.0 Å². The molecule has 1 aromatic heterocycles. The quantitative estimate of drug-likeness (QED) is 0.849. The van der Waals surface area contributed by atoms with E-state index in [-0.39, 0.29) is 5.91 Å². The topological polar surface area (TPSA) is 66.9 Å². The Hall–Kier alpha value is -1.95. The molecule has 6 heteroatoms. The van der Waals surface area contributed by atoms with Gasteiger partial charge >= 0.3 is 0 Å². The molecule has 2 rings (SSSR count). The number of rotatable bonds is 5. The van der Waals surface area contributed by atoms with Gasteiger partial charge in [0.1, 0.15) is 17.3 Å². The van der Waals surface area contributed by atoms with Gasteiger partial charge in [-0.3, -0.25) is 4.79 Å². The van der Waals surface area contributed by atoms with Crippen molar-refractivity contribution in [3.63, 3.8) is 0 Å². The number of carbonyl (C=O) groups is 1. The molecule has 5 nitrogen and oxygen atoms in total. The summed E-state index contributed by atoms with van der Waals surface area (Å²) in [6.45, 7) is 6.43. The number of nitrogens with zero attached hydrogens (tertiary/aromatic N) is 2. The van der Waals surface area contributed by atoms with Gasteiger partial charge in [-0.25, -0.2) is 9.97 Å². The van der Waals surface area contributed by atoms with Crippen molar-refractivity contribution in [2.75, 3.05) is 11.9 Å². The van der Waals surface area contributed by atoms with Crippen LogP contribution in [0.1, 0.15) is 35.2 Å². The van der Waals surface area contributed by atoms with Crippen molar-refractivity contribution >= 4 is 33.3 Å². The third kappa shape index (κ3) is 4.27. The fraction of sp³-hybridized carbons (Fsp3) is 0.312. The number of anilines is 2. The minimum absolute atomic E-state index is 0.178. The lowest BCUT2D eigenvalue weighted by Gasteiger charge is -2.10. The molecule has 1 heterocycles. The summed E-state index contributed by atoms with van der Waals surface area (Å²) in [5, 5.41) is 6.03. The first-order valence-corrected chi connectivity index (χ1v) is 7.96. The molecule has 0 atom stereocenters. The van der Waals surface area contributed by atoms with E-state index in [2.05, 4.69) is 36.5 Å². The van der Waals surface area contributed by atoms with Gasteiger partial charge in [-0.05, 0) is 44.0 Å². The van der Waals surface area contributed by atoms with Gasteiger partial charge < -0.3 is 10.6 Å². The number of halogens is 1. The summed E-state index contributed by atoms with van der Waals surface area (Å²) >= 11 is 3.47. The molecule has 0 aliphatic rings. The molecule has 1 aromatic carbocycles. The largest absolute Gasteiger partial charge is 0.351 e. The lowest BCUT2D eigenvalue weighted by molar-refractivity contribution is 0.0948. The number of benzene rings is 1. The van der Waals surface area contributed by atoms with E-state index in [0.29, 0.717) is 23.9 Å². The molecule has 22 heavy (non-hydrogen) atoms. The lowest BCUT2D eigenvalue weighted by Crippen LogP contribution is -2.25. The molecule has 0 aliphatic heterocycles. The van der Waals surface area contributed by atoms with Crippen molar-refractivity contribution in [2.24, 2.45) is 0 Å². The molecule has 0 radical (unpaired) electrons. The number of carbonyl (C=O) groups excluding carboxylic acids is 1. The Labute approximate surface area is 138 Å². The number of hydrogen-bond acceptors (Lipinski definition) is 4. The highest BCUT2D eigenvalue weighted by Gasteiger charge is 2.10. The third-order valence-corrected chi connectivity index (χ3v) is 3.93. The van der Waals surface area contributed by atoms with Gasteiger partial charge in [0.05, 0.1) is 0 Å². The Bertz CT molecular complexity index is 688. The van der Waals surface area contributed by atoms with E-state index < -0.39 is 0 Å². The molecular weight excluding hydrogens is 344 g/mol. The summed E-state index contributed by atoms with van der Waals surface area (Å²) in [7, 11) is 0. The average Bonchev–Trinajstić information content (AvgIpc) is 2.48. The minimum atomic E-state index is -0.178. The van der Waals surface area contributed by atoms with Gasteiger partial charge in [-0.2, -0.15) is 0 Å². The zero-order valence-corrected chi connectivity index (χ0v) is 14.5. The van der Waals surface area contributed by atoms with Crippen LogP contribution in [0.25, 0.3) is 0 Å². The zero-order valence-electron chi connectivity index (χ0n) is 12.9. The van der Waals surface area contributed by atoms with Gasteiger partial charge in [0.25, 0.3) is 5.91 Å². The smallest absolute Gasteiger partial charge is 0.270 e. The van der Waals surface area contributed by atoms with E-state index in [4.69, 9.17) is 0 Å². The lowest BCUT2D eigenvalue weighted by atomic mass is 10.2. The van der Waals surface area contributed by atoms with Crippen molar-refractivity contribution in [2.45, 2.75) is 27.2 Å². The maximum absolute atomic E-state index is 12.0. The van der Waals surface area contributed by atoms with Gasteiger partial charge in [0, 0.05) is 22.8 Å². The van der Waals surface area contributed by atoms with Crippen LogP contribution in [0.2, 0.25) is 0 Å². The molecule has 1 amide bonds. The molecule has 0 aliphatic carbocycles. The van der Waals surface area contributed by atoms with Crippen molar-refractivity contribution in [1.82, 2.24) is 15.3 Å². The zero-order chi connectivity index (χ0) is 16.1. The highest BCUT2D eigenvalue weighted by Crippen LogP contribution is 2.22. The number of hydrogen-bond donors (Lipinski definition) is 2. The van der Waals surface area contributed by atoms with E-state index in [0.717, 1.165) is 22.1 Å². The first kappa shape index (κ1) is 16.4. The van der Waals surface area contributed by atoms with Crippen molar-refractivity contribution < 1.29 is 4.79 Å². The second kappa shape index (κ2) is 7.35. The fourth-order valence-corrected chi connectivity index (χ4v) is 2.19. The second-order valence-electron chi connectivity index (χ2n) is 5.03. The third-order valence-electron chi connectivity index (χ3n) is 3.04. The standard InChI is InChI=1S/C16H19BrN4O/c1-4-7-18-16(22)14-9-15(20-11(3)19-14)21-12-5-6-13(17)10(2)8-12/h5-6,8-9H,4,7H2,1-3H3,(H,18,22)(H,19,20,21). The van der Waals surface area contributed by atoms with Crippen molar-refractivity contribution in [3.05, 3.63) is 45.8 Å². The first-order chi connectivity index (χ1) is 10.5. The molecule has 0 saturated carbocycles. The van der Waals surface area contributed by atoms with Gasteiger partial charge in [-0.15, -0.1) is 0 Å². The maximum atomic E-state index is 12.0. The molecule has 0 spiro atoms. The molecule has 116 valence electrons. The average molecular weight is 363 g/mol. The van der Waals surface area contributed by atoms with Crippen LogP contribution in [0.3, 0.4) is 0 Å². The Morgan fingerprint density at radius 2 is 2.00 bits per heavy atom. The monoisotopic (exact) mass is 362 g/mol. The van der Waals surface area contributed by atoms with Crippen LogP contribution < -0.4 is 10.6 Å². The first-order valence-electron chi connectivity index (χ1n) is 7.16. The van der Waals surface area contributed by atoms with Crippen LogP contribution in [-0.4, -0.2) is 22.4 Å². The summed E-state index contributed by atoms with van der Waals surface area (Å²) in [4.78, 5) is 20.5. The van der Waals surface area contributed by atoms with Gasteiger partial charge in [0.2, 0.25) is 0 Å². The summed E-state index contributed by atoms with van der Waals surface area (Å²) in [6.07, 6.45) is 0.888. The maximum Gasteiger partial charge on any atom is 0.270 e. The number of aromatic nitrogens is 2. The molecule has 2 aromatic rings. The van der Waals surface area contributed by atoms with Crippen molar-refractivity contribution in [3.8, 4) is 0 Å². The summed E-state index contributed by atoms with van der Waals surface area (Å²) < 4.78 is 1.05. The van der Waals surface area contributed by atoms with Crippen LogP contribution in [-0.2, 0) is 0 Å². The van der Waals surface area contributed by atoms with E-state index in [1.54, 1.807) is 13.0 Å². The summed E-state index contributed by atoms with van der Waals surface area (Å²) in [6, 6.07) is 7.60. The Balaban J connectivity index is 2.22. The normalized spacial score (nSPS) is 10.4. The Morgan fingerprint density at radius 3 is 2.68 bits per heavy atom. The molecular formula is C16H19BrN4O. The minimum Gasteiger partial charge on any atom is -0.351 e. The predicted octanol–water partition coefficient (Wildman–Crippen LogP) is 3.74. The SMILES string of the molecule is CCCNC(=O)c1cc(Nc2ccc(Br)c(C)c2)nc(C)n1. The Morgan fingerprint density at radius 1 is 1.23 bits per heavy atom.